The third-order valence-corrected chi connectivity index (χ3v) is 3.99. The molecule has 2 heterocycles. The number of piperidine rings is 1. The van der Waals surface area contributed by atoms with Crippen LogP contribution in [0.5, 0.6) is 0 Å². The zero-order valence-electron chi connectivity index (χ0n) is 16.5. The molecule has 0 unspecified atom stereocenters. The number of Topliss-reactive ketones (excluding diaryl/α,β-unsaturated/α-hetero) is 1. The van der Waals surface area contributed by atoms with Crippen LogP contribution in [0, 0.1) is 12.8 Å². The Kier molecular flexibility index (Phi) is 6.10. The minimum absolute atomic E-state index is 0.0388. The summed E-state index contributed by atoms with van der Waals surface area (Å²) in [5.41, 5.74) is 0.643. The molecule has 0 bridgehead atoms. The van der Waals surface area contributed by atoms with Crippen LogP contribution in [-0.4, -0.2) is 59.6 Å². The molecular weight excluding hydrogens is 334 g/mol. The summed E-state index contributed by atoms with van der Waals surface area (Å²) in [6.07, 6.45) is 2.87. The molecule has 7 nitrogen and oxygen atoms in total. The summed E-state index contributed by atoms with van der Waals surface area (Å²) in [5, 5.41) is 3.88. The Hall–Kier alpha value is -2.31. The second-order valence-corrected chi connectivity index (χ2v) is 7.97. The Bertz CT molecular complexity index is 685. The van der Waals surface area contributed by atoms with Crippen molar-refractivity contribution in [2.75, 3.05) is 27.2 Å². The number of ether oxygens (including phenoxy) is 1. The third kappa shape index (κ3) is 5.34. The summed E-state index contributed by atoms with van der Waals surface area (Å²) in [4.78, 5) is 28.9. The molecule has 144 valence electrons. The molecule has 1 aliphatic heterocycles. The van der Waals surface area contributed by atoms with E-state index >= 15 is 0 Å². The highest BCUT2D eigenvalue weighted by molar-refractivity contribution is 6.21. The first-order chi connectivity index (χ1) is 12.1. The second-order valence-electron chi connectivity index (χ2n) is 7.97. The highest BCUT2D eigenvalue weighted by atomic mass is 16.6. The lowest BCUT2D eigenvalue weighted by atomic mass is 9.89. The molecule has 0 radical (unpaired) electrons. The molecule has 7 heteroatoms. The highest BCUT2D eigenvalue weighted by Crippen LogP contribution is 2.27. The van der Waals surface area contributed by atoms with Gasteiger partial charge in [-0.05, 0) is 40.5 Å². The van der Waals surface area contributed by atoms with E-state index in [1.165, 1.54) is 0 Å². The predicted molar refractivity (Wildman–Crippen MR) is 98.4 cm³/mol. The number of aryl methyl sites for hydroxylation is 1. The van der Waals surface area contributed by atoms with Crippen molar-refractivity contribution in [3.63, 3.8) is 0 Å². The number of rotatable bonds is 4. The van der Waals surface area contributed by atoms with E-state index in [9.17, 15) is 9.59 Å². The number of nitrogens with zero attached hydrogens (tertiary/aromatic N) is 3. The Balaban J connectivity index is 2.17. The maximum atomic E-state index is 13.1. The van der Waals surface area contributed by atoms with Crippen LogP contribution in [0.3, 0.4) is 0 Å². The minimum Gasteiger partial charge on any atom is -0.444 e. The number of allylic oxidation sites excluding steroid dienone is 1. The smallest absolute Gasteiger partial charge is 0.410 e. The van der Waals surface area contributed by atoms with E-state index in [0.29, 0.717) is 24.4 Å². The van der Waals surface area contributed by atoms with Gasteiger partial charge in [0.25, 0.3) is 0 Å². The standard InChI is InChI=1S/C19H29N3O4/c1-13-10-16(26-20-13)15(12-21(5)6)17(23)14-8-7-9-22(11-14)18(24)25-19(2,3)4/h10,12,14H,7-9,11H2,1-6H3/b15-12+/t14-/m0/s1. The van der Waals surface area contributed by atoms with Crippen molar-refractivity contribution in [2.45, 2.75) is 46.1 Å². The van der Waals surface area contributed by atoms with Crippen LogP contribution in [0.4, 0.5) is 4.79 Å². The second kappa shape index (κ2) is 7.93. The van der Waals surface area contributed by atoms with Gasteiger partial charge in [-0.15, -0.1) is 0 Å². The first kappa shape index (κ1) is 20.0. The molecule has 1 fully saturated rings. The normalized spacial score (nSPS) is 18.6. The maximum absolute atomic E-state index is 13.1. The van der Waals surface area contributed by atoms with Crippen molar-refractivity contribution in [2.24, 2.45) is 5.92 Å². The highest BCUT2D eigenvalue weighted by Gasteiger charge is 2.33. The number of hydrogen-bond donors (Lipinski definition) is 0. The van der Waals surface area contributed by atoms with Gasteiger partial charge < -0.3 is 19.1 Å². The van der Waals surface area contributed by atoms with E-state index in [4.69, 9.17) is 9.26 Å². The fourth-order valence-electron chi connectivity index (χ4n) is 2.90. The fraction of sp³-hybridized carbons (Fsp3) is 0.632. The Morgan fingerprint density at radius 3 is 2.62 bits per heavy atom. The van der Waals surface area contributed by atoms with E-state index in [1.807, 2.05) is 41.8 Å². The molecule has 0 N–H and O–H groups in total. The van der Waals surface area contributed by atoms with E-state index in [-0.39, 0.29) is 17.8 Å². The molecule has 1 atom stereocenters. The summed E-state index contributed by atoms with van der Waals surface area (Å²) >= 11 is 0. The van der Waals surface area contributed by atoms with Gasteiger partial charge in [0.2, 0.25) is 0 Å². The Morgan fingerprint density at radius 2 is 2.08 bits per heavy atom. The Labute approximate surface area is 154 Å². The molecule has 1 saturated heterocycles. The predicted octanol–water partition coefficient (Wildman–Crippen LogP) is 3.10. The molecular formula is C19H29N3O4. The lowest BCUT2D eigenvalue weighted by Crippen LogP contribution is -2.44. The number of amides is 1. The fourth-order valence-corrected chi connectivity index (χ4v) is 2.90. The molecule has 1 aromatic heterocycles. The van der Waals surface area contributed by atoms with Crippen LogP contribution in [0.25, 0.3) is 5.57 Å². The van der Waals surface area contributed by atoms with Gasteiger partial charge in [0, 0.05) is 45.4 Å². The number of ketones is 1. The van der Waals surface area contributed by atoms with E-state index in [1.54, 1.807) is 22.1 Å². The zero-order chi connectivity index (χ0) is 19.5. The van der Waals surface area contributed by atoms with E-state index < -0.39 is 5.60 Å². The van der Waals surface area contributed by atoms with E-state index in [2.05, 4.69) is 5.16 Å². The largest absolute Gasteiger partial charge is 0.444 e. The monoisotopic (exact) mass is 363 g/mol. The molecule has 1 aromatic rings. The number of carbonyl (C=O) groups excluding carboxylic acids is 2. The number of likely N-dealkylation sites (tertiary alicyclic amines) is 1. The summed E-state index contributed by atoms with van der Waals surface area (Å²) in [5.74, 6) is 0.131. The lowest BCUT2D eigenvalue weighted by Gasteiger charge is -2.33. The van der Waals surface area contributed by atoms with Crippen LogP contribution in [0.1, 0.15) is 45.1 Å². The van der Waals surface area contributed by atoms with Crippen molar-refractivity contribution in [3.8, 4) is 0 Å². The van der Waals surface area contributed by atoms with Crippen molar-refractivity contribution in [1.29, 1.82) is 0 Å². The summed E-state index contributed by atoms with van der Waals surface area (Å²) in [6.45, 7) is 8.28. The van der Waals surface area contributed by atoms with Crippen molar-refractivity contribution >= 4 is 17.4 Å². The van der Waals surface area contributed by atoms with Gasteiger partial charge in [-0.3, -0.25) is 4.79 Å². The average molecular weight is 363 g/mol. The van der Waals surface area contributed by atoms with Crippen molar-refractivity contribution in [1.82, 2.24) is 15.0 Å². The molecule has 0 saturated carbocycles. The van der Waals surface area contributed by atoms with Gasteiger partial charge in [0.15, 0.2) is 11.5 Å². The first-order valence-corrected chi connectivity index (χ1v) is 8.91. The maximum Gasteiger partial charge on any atom is 0.410 e. The third-order valence-electron chi connectivity index (χ3n) is 3.99. The molecule has 0 aromatic carbocycles. The van der Waals surface area contributed by atoms with Crippen molar-refractivity contribution < 1.29 is 18.8 Å². The first-order valence-electron chi connectivity index (χ1n) is 8.91. The lowest BCUT2D eigenvalue weighted by molar-refractivity contribution is -0.118. The molecule has 1 amide bonds. The topological polar surface area (TPSA) is 75.9 Å². The minimum atomic E-state index is -0.554. The zero-order valence-corrected chi connectivity index (χ0v) is 16.5. The number of hydrogen-bond acceptors (Lipinski definition) is 6. The van der Waals surface area contributed by atoms with E-state index in [0.717, 1.165) is 18.5 Å². The van der Waals surface area contributed by atoms with Crippen LogP contribution < -0.4 is 0 Å². The van der Waals surface area contributed by atoms with Gasteiger partial charge in [0.1, 0.15) is 5.60 Å². The number of carbonyl (C=O) groups is 2. The van der Waals surface area contributed by atoms with Gasteiger partial charge >= 0.3 is 6.09 Å². The molecule has 1 aliphatic rings. The van der Waals surface area contributed by atoms with Gasteiger partial charge in [0.05, 0.1) is 11.3 Å². The van der Waals surface area contributed by atoms with Crippen LogP contribution >= 0.6 is 0 Å². The van der Waals surface area contributed by atoms with Gasteiger partial charge in [-0.1, -0.05) is 5.16 Å². The molecule has 2 rings (SSSR count). The Morgan fingerprint density at radius 1 is 1.38 bits per heavy atom. The molecule has 0 spiro atoms. The summed E-state index contributed by atoms with van der Waals surface area (Å²) in [6, 6.07) is 1.75. The SMILES string of the molecule is Cc1cc(/C(=C\N(C)C)C(=O)[C@H]2CCCN(C(=O)OC(C)(C)C)C2)on1. The van der Waals surface area contributed by atoms with Crippen molar-refractivity contribution in [3.05, 3.63) is 23.7 Å². The molecule has 0 aliphatic carbocycles. The van der Waals surface area contributed by atoms with Crippen LogP contribution in [-0.2, 0) is 9.53 Å². The van der Waals surface area contributed by atoms with Gasteiger partial charge in [-0.2, -0.15) is 0 Å². The number of aromatic nitrogens is 1. The summed E-state index contributed by atoms with van der Waals surface area (Å²) < 4.78 is 10.8. The van der Waals surface area contributed by atoms with Crippen LogP contribution in [0.15, 0.2) is 16.8 Å². The van der Waals surface area contributed by atoms with Crippen LogP contribution in [0.2, 0.25) is 0 Å². The summed E-state index contributed by atoms with van der Waals surface area (Å²) in [7, 11) is 3.70. The van der Waals surface area contributed by atoms with Gasteiger partial charge in [-0.25, -0.2) is 4.79 Å². The average Bonchev–Trinajstić information content (AvgIpc) is 2.96. The quantitative estimate of drug-likeness (QED) is 0.765. The molecule has 26 heavy (non-hydrogen) atoms.